The van der Waals surface area contributed by atoms with E-state index in [1.165, 1.54) is 4.68 Å². The lowest BCUT2D eigenvalue weighted by atomic mass is 9.99. The quantitative estimate of drug-likeness (QED) is 0.252. The van der Waals surface area contributed by atoms with Gasteiger partial charge in [0.2, 0.25) is 0 Å². The number of hydrogen-bond acceptors (Lipinski definition) is 5. The van der Waals surface area contributed by atoms with E-state index in [1.807, 2.05) is 12.1 Å². The van der Waals surface area contributed by atoms with Crippen LogP contribution in [0.3, 0.4) is 0 Å². The smallest absolute Gasteiger partial charge is 0.282 e. The maximum atomic E-state index is 13.3. The van der Waals surface area contributed by atoms with E-state index in [2.05, 4.69) is 64.7 Å². The Labute approximate surface area is 221 Å². The highest BCUT2D eigenvalue weighted by Crippen LogP contribution is 2.42. The van der Waals surface area contributed by atoms with Gasteiger partial charge in [0, 0.05) is 20.9 Å². The monoisotopic (exact) mass is 611 g/mol. The van der Waals surface area contributed by atoms with Crippen LogP contribution < -0.4 is 15.0 Å². The summed E-state index contributed by atoms with van der Waals surface area (Å²) in [4.78, 5) is 18.0. The van der Waals surface area contributed by atoms with Crippen LogP contribution in [0.4, 0.5) is 0 Å². The lowest BCUT2D eigenvalue weighted by Crippen LogP contribution is -2.22. The van der Waals surface area contributed by atoms with E-state index in [-0.39, 0.29) is 11.0 Å². The molecule has 3 aromatic rings. The van der Waals surface area contributed by atoms with Crippen LogP contribution in [0.15, 0.2) is 43.1 Å². The zero-order valence-electron chi connectivity index (χ0n) is 19.9. The molecule has 0 radical (unpaired) electrons. The minimum atomic E-state index is -0.229. The van der Waals surface area contributed by atoms with Crippen LogP contribution >= 0.6 is 43.5 Å². The van der Waals surface area contributed by atoms with Gasteiger partial charge in [-0.1, -0.05) is 61.6 Å². The Kier molecular flexibility index (Phi) is 8.82. The van der Waals surface area contributed by atoms with Crippen molar-refractivity contribution in [1.82, 2.24) is 9.66 Å². The fourth-order valence-electron chi connectivity index (χ4n) is 3.20. The zero-order chi connectivity index (χ0) is 25.0. The number of aryl methyl sites for hydroxylation is 1. The van der Waals surface area contributed by atoms with Crippen LogP contribution in [0.2, 0.25) is 5.02 Å². The van der Waals surface area contributed by atoms with Crippen LogP contribution in [0.5, 0.6) is 11.5 Å². The molecule has 0 saturated carbocycles. The molecule has 0 bridgehead atoms. The van der Waals surface area contributed by atoms with E-state index < -0.39 is 0 Å². The van der Waals surface area contributed by atoms with E-state index >= 15 is 0 Å². The van der Waals surface area contributed by atoms with Gasteiger partial charge in [-0.25, -0.2) is 4.98 Å². The molecule has 0 saturated heterocycles. The van der Waals surface area contributed by atoms with Gasteiger partial charge in [-0.05, 0) is 52.0 Å². The molecule has 2 aromatic carbocycles. The standard InChI is InChI=1S/C25H28Br2ClN3O3/c1-6-7-8-20-30-18-10-9-16(26)12-17(18)24(32)31(20)29-13-15-11-19(33-5)23(22(28)21(15)27)34-14-25(2,3)4/h9-13H,6-8,14H2,1-5H3. The summed E-state index contributed by atoms with van der Waals surface area (Å²) >= 11 is 13.6. The SMILES string of the molecule is CCCCc1nc2ccc(Br)cc2c(=O)n1N=Cc1cc(OC)c(OCC(C)(C)C)c(Cl)c1Br. The zero-order valence-corrected chi connectivity index (χ0v) is 23.8. The molecule has 9 heteroatoms. The molecule has 0 atom stereocenters. The fourth-order valence-corrected chi connectivity index (χ4v) is 4.22. The number of nitrogens with zero attached hydrogens (tertiary/aromatic N) is 3. The van der Waals surface area contributed by atoms with Crippen molar-refractivity contribution in [3.05, 3.63) is 60.0 Å². The van der Waals surface area contributed by atoms with Crippen LogP contribution in [-0.4, -0.2) is 29.6 Å². The second-order valence-corrected chi connectivity index (χ2v) is 11.2. The molecule has 0 aliphatic carbocycles. The number of rotatable bonds is 8. The van der Waals surface area contributed by atoms with Crippen LogP contribution in [0.25, 0.3) is 10.9 Å². The van der Waals surface area contributed by atoms with Gasteiger partial charge in [0.15, 0.2) is 11.5 Å². The van der Waals surface area contributed by atoms with E-state index in [9.17, 15) is 4.79 Å². The van der Waals surface area contributed by atoms with Gasteiger partial charge in [-0.15, -0.1) is 0 Å². The van der Waals surface area contributed by atoms with Gasteiger partial charge in [-0.3, -0.25) is 4.79 Å². The van der Waals surface area contributed by atoms with Crippen LogP contribution in [0, 0.1) is 5.41 Å². The highest BCUT2D eigenvalue weighted by molar-refractivity contribution is 9.10. The second-order valence-electron chi connectivity index (χ2n) is 9.13. The first-order valence-electron chi connectivity index (χ1n) is 11.0. The third-order valence-electron chi connectivity index (χ3n) is 4.97. The number of fused-ring (bicyclic) bond motifs is 1. The van der Waals surface area contributed by atoms with Crippen LogP contribution in [-0.2, 0) is 6.42 Å². The summed E-state index contributed by atoms with van der Waals surface area (Å²) in [6, 6.07) is 7.25. The van der Waals surface area contributed by atoms with Gasteiger partial charge in [0.1, 0.15) is 10.8 Å². The highest BCUT2D eigenvalue weighted by Gasteiger charge is 2.20. The van der Waals surface area contributed by atoms with Crippen molar-refractivity contribution >= 4 is 60.6 Å². The molecule has 1 aromatic heterocycles. The molecule has 0 amide bonds. The molecule has 34 heavy (non-hydrogen) atoms. The molecule has 0 aliphatic rings. The Morgan fingerprint density at radius 3 is 2.62 bits per heavy atom. The number of ether oxygens (including phenoxy) is 2. The van der Waals surface area contributed by atoms with Crippen molar-refractivity contribution in [2.75, 3.05) is 13.7 Å². The minimum Gasteiger partial charge on any atom is -0.493 e. The van der Waals surface area contributed by atoms with E-state index in [0.29, 0.717) is 56.3 Å². The normalized spacial score (nSPS) is 12.0. The first-order valence-corrected chi connectivity index (χ1v) is 13.0. The summed E-state index contributed by atoms with van der Waals surface area (Å²) < 4.78 is 14.3. The first-order chi connectivity index (χ1) is 16.1. The summed E-state index contributed by atoms with van der Waals surface area (Å²) in [5.41, 5.74) is 1.02. The number of aromatic nitrogens is 2. The van der Waals surface area contributed by atoms with Crippen molar-refractivity contribution in [1.29, 1.82) is 0 Å². The molecular formula is C25H28Br2ClN3O3. The molecule has 3 rings (SSSR count). The summed E-state index contributed by atoms with van der Waals surface area (Å²) in [6.45, 7) is 8.80. The minimum absolute atomic E-state index is 0.0465. The Balaban J connectivity index is 2.09. The highest BCUT2D eigenvalue weighted by atomic mass is 79.9. The topological polar surface area (TPSA) is 65.7 Å². The lowest BCUT2D eigenvalue weighted by Gasteiger charge is -2.21. The molecule has 0 spiro atoms. The number of hydrogen-bond donors (Lipinski definition) is 0. The second kappa shape index (κ2) is 11.2. The van der Waals surface area contributed by atoms with E-state index in [1.54, 1.807) is 25.5 Å². The maximum absolute atomic E-state index is 13.3. The van der Waals surface area contributed by atoms with Gasteiger partial charge in [-0.2, -0.15) is 9.78 Å². The van der Waals surface area contributed by atoms with Gasteiger partial charge >= 0.3 is 0 Å². The van der Waals surface area contributed by atoms with Gasteiger partial charge < -0.3 is 9.47 Å². The van der Waals surface area contributed by atoms with E-state index in [4.69, 9.17) is 26.1 Å². The summed E-state index contributed by atoms with van der Waals surface area (Å²) in [5, 5.41) is 5.39. The number of methoxy groups -OCH3 is 1. The third-order valence-corrected chi connectivity index (χ3v) is 6.90. The Bertz CT molecular complexity index is 1280. The van der Waals surface area contributed by atoms with E-state index in [0.717, 1.165) is 17.3 Å². The third kappa shape index (κ3) is 6.20. The Hall–Kier alpha value is -1.90. The average molecular weight is 614 g/mol. The summed E-state index contributed by atoms with van der Waals surface area (Å²) in [6.07, 6.45) is 4.09. The van der Waals surface area contributed by atoms with Crippen molar-refractivity contribution in [3.63, 3.8) is 0 Å². The van der Waals surface area contributed by atoms with Crippen molar-refractivity contribution < 1.29 is 9.47 Å². The summed E-state index contributed by atoms with van der Waals surface area (Å²) in [5.74, 6) is 1.55. The molecule has 0 N–H and O–H groups in total. The number of benzene rings is 2. The number of unbranched alkanes of at least 4 members (excludes halogenated alkanes) is 1. The largest absolute Gasteiger partial charge is 0.493 e. The number of halogens is 3. The lowest BCUT2D eigenvalue weighted by molar-refractivity contribution is 0.191. The van der Waals surface area contributed by atoms with Crippen molar-refractivity contribution in [2.45, 2.75) is 47.0 Å². The predicted octanol–water partition coefficient (Wildman–Crippen LogP) is 7.23. The van der Waals surface area contributed by atoms with Crippen molar-refractivity contribution in [3.8, 4) is 11.5 Å². The van der Waals surface area contributed by atoms with Gasteiger partial charge in [0.25, 0.3) is 5.56 Å². The molecule has 182 valence electrons. The first kappa shape index (κ1) is 26.7. The molecular weight excluding hydrogens is 586 g/mol. The average Bonchev–Trinajstić information content (AvgIpc) is 2.78. The maximum Gasteiger partial charge on any atom is 0.282 e. The van der Waals surface area contributed by atoms with Crippen LogP contribution in [0.1, 0.15) is 51.9 Å². The predicted molar refractivity (Wildman–Crippen MR) is 146 cm³/mol. The Morgan fingerprint density at radius 2 is 1.97 bits per heavy atom. The van der Waals surface area contributed by atoms with Crippen molar-refractivity contribution in [2.24, 2.45) is 10.5 Å². The fraction of sp³-hybridized carbons (Fsp3) is 0.400. The van der Waals surface area contributed by atoms with Gasteiger partial charge in [0.05, 0.1) is 30.8 Å². The molecule has 0 aliphatic heterocycles. The molecule has 6 nitrogen and oxygen atoms in total. The molecule has 0 unspecified atom stereocenters. The molecule has 1 heterocycles. The summed E-state index contributed by atoms with van der Waals surface area (Å²) in [7, 11) is 1.56. The Morgan fingerprint density at radius 1 is 1.24 bits per heavy atom. The molecule has 0 fully saturated rings.